The molecule has 36 heavy (non-hydrogen) atoms. The molecule has 6 fully saturated rings. The fourth-order valence-electron chi connectivity index (χ4n) is 10.5. The summed E-state index contributed by atoms with van der Waals surface area (Å²) in [5.74, 6) is -2.84. The van der Waals surface area contributed by atoms with Crippen LogP contribution in [0.4, 0.5) is 0 Å². The number of esters is 1. The van der Waals surface area contributed by atoms with Crippen molar-refractivity contribution >= 4 is 11.8 Å². The molecule has 0 spiro atoms. The Balaban J connectivity index is 1.36. The summed E-state index contributed by atoms with van der Waals surface area (Å²) in [6, 6.07) is 0. The van der Waals surface area contributed by atoms with Crippen LogP contribution in [0.15, 0.2) is 11.1 Å². The van der Waals surface area contributed by atoms with Crippen LogP contribution in [0.2, 0.25) is 0 Å². The third-order valence-electron chi connectivity index (χ3n) is 12.6. The van der Waals surface area contributed by atoms with Crippen LogP contribution in [0, 0.1) is 34.5 Å². The molecule has 12 atom stereocenters. The van der Waals surface area contributed by atoms with Crippen LogP contribution in [-0.4, -0.2) is 69.0 Å². The largest absolute Gasteiger partial charge is 0.452 e. The highest BCUT2D eigenvalue weighted by Gasteiger charge is 2.82. The second kappa shape index (κ2) is 6.81. The third-order valence-corrected chi connectivity index (χ3v) is 12.6. The molecule has 3 heterocycles. The average molecular weight is 503 g/mol. The van der Waals surface area contributed by atoms with Crippen LogP contribution in [0.5, 0.6) is 0 Å². The number of ketones is 1. The fraction of sp³-hybridized carbons (Fsp3) is 0.857. The van der Waals surface area contributed by atoms with Gasteiger partial charge < -0.3 is 29.5 Å². The summed E-state index contributed by atoms with van der Waals surface area (Å²) >= 11 is 0. The van der Waals surface area contributed by atoms with Crippen molar-refractivity contribution in [3.05, 3.63) is 11.1 Å². The van der Waals surface area contributed by atoms with E-state index < -0.39 is 52.1 Å². The summed E-state index contributed by atoms with van der Waals surface area (Å²) in [6.07, 6.45) is 1.75. The zero-order valence-corrected chi connectivity index (χ0v) is 21.6. The Labute approximate surface area is 211 Å². The van der Waals surface area contributed by atoms with Gasteiger partial charge in [-0.15, -0.1) is 0 Å². The molecule has 8 nitrogen and oxygen atoms in total. The van der Waals surface area contributed by atoms with E-state index in [0.717, 1.165) is 5.57 Å². The topological polar surface area (TPSA) is 123 Å². The lowest BCUT2D eigenvalue weighted by molar-refractivity contribution is -0.416. The Kier molecular flexibility index (Phi) is 4.50. The minimum Gasteiger partial charge on any atom is -0.452 e. The highest BCUT2D eigenvalue weighted by Crippen LogP contribution is 2.75. The van der Waals surface area contributed by atoms with Crippen LogP contribution >= 0.6 is 0 Å². The molecule has 8 heteroatoms. The van der Waals surface area contributed by atoms with Crippen LogP contribution in [0.1, 0.15) is 72.6 Å². The van der Waals surface area contributed by atoms with E-state index in [4.69, 9.17) is 14.2 Å². The summed E-state index contributed by atoms with van der Waals surface area (Å²) in [5, 5.41) is 36.8. The van der Waals surface area contributed by atoms with Gasteiger partial charge in [0.05, 0.1) is 29.1 Å². The van der Waals surface area contributed by atoms with Crippen LogP contribution < -0.4 is 0 Å². The average Bonchev–Trinajstić information content (AvgIpc) is 3.33. The van der Waals surface area contributed by atoms with Gasteiger partial charge in [0.25, 0.3) is 0 Å². The van der Waals surface area contributed by atoms with Gasteiger partial charge in [-0.25, -0.2) is 4.79 Å². The van der Waals surface area contributed by atoms with Gasteiger partial charge in [0.2, 0.25) is 0 Å². The van der Waals surface area contributed by atoms with Gasteiger partial charge in [0.1, 0.15) is 17.5 Å². The van der Waals surface area contributed by atoms with Crippen molar-refractivity contribution in [3.8, 4) is 0 Å². The lowest BCUT2D eigenvalue weighted by Crippen LogP contribution is -2.78. The minimum atomic E-state index is -1.74. The summed E-state index contributed by atoms with van der Waals surface area (Å²) in [5.41, 5.74) is -3.17. The molecule has 3 N–H and O–H groups in total. The number of rotatable bonds is 1. The van der Waals surface area contributed by atoms with E-state index in [-0.39, 0.29) is 42.5 Å². The highest BCUT2D eigenvalue weighted by atomic mass is 16.7. The molecular weight excluding hydrogens is 464 g/mol. The van der Waals surface area contributed by atoms with Gasteiger partial charge in [-0.3, -0.25) is 4.79 Å². The summed E-state index contributed by atoms with van der Waals surface area (Å²) in [6.45, 7) is 7.64. The van der Waals surface area contributed by atoms with Crippen molar-refractivity contribution < 1.29 is 39.1 Å². The molecule has 0 aromatic rings. The number of fused-ring (bicyclic) bond motifs is 2. The van der Waals surface area contributed by atoms with E-state index >= 15 is 0 Å². The predicted molar refractivity (Wildman–Crippen MR) is 125 cm³/mol. The van der Waals surface area contributed by atoms with Crippen molar-refractivity contribution in [2.45, 2.75) is 108 Å². The first-order chi connectivity index (χ1) is 16.9. The number of carbonyl (C=O) groups is 2. The normalized spacial score (nSPS) is 59.5. The maximum Gasteiger partial charge on any atom is 0.334 e. The second-order valence-electron chi connectivity index (χ2n) is 13.2. The SMILES string of the molecule is CC1=C(C)[C@@H]([C@H]2O[C@@]3(O)C[C@H]4[C@@H](C[C@H]5OC[C@@]46C(=O)CCC[C@]56O)[C@@H]4CC[C@@](O)([C@@H]2C)[C@]43C)OC1=O. The van der Waals surface area contributed by atoms with E-state index in [1.54, 1.807) is 6.92 Å². The van der Waals surface area contributed by atoms with E-state index in [2.05, 4.69) is 0 Å². The molecule has 4 aliphatic carbocycles. The molecule has 0 amide bonds. The fourth-order valence-corrected chi connectivity index (χ4v) is 10.5. The first kappa shape index (κ1) is 23.8. The van der Waals surface area contributed by atoms with Crippen LogP contribution in [0.25, 0.3) is 0 Å². The molecule has 4 saturated carbocycles. The summed E-state index contributed by atoms with van der Waals surface area (Å²) in [7, 11) is 0. The van der Waals surface area contributed by atoms with Crippen LogP contribution in [0.3, 0.4) is 0 Å². The van der Waals surface area contributed by atoms with Crippen LogP contribution in [-0.2, 0) is 23.8 Å². The molecule has 0 unspecified atom stereocenters. The van der Waals surface area contributed by atoms with E-state index in [0.29, 0.717) is 44.1 Å². The molecule has 0 aromatic heterocycles. The first-order valence-corrected chi connectivity index (χ1v) is 13.7. The minimum absolute atomic E-state index is 0.0359. The Morgan fingerprint density at radius 1 is 1.03 bits per heavy atom. The third kappa shape index (κ3) is 2.25. The number of carbonyl (C=O) groups excluding carboxylic acids is 2. The number of ether oxygens (including phenoxy) is 3. The molecule has 0 radical (unpaired) electrons. The number of aliphatic hydroxyl groups is 3. The summed E-state index contributed by atoms with van der Waals surface area (Å²) in [4.78, 5) is 26.0. The van der Waals surface area contributed by atoms with Crippen molar-refractivity contribution in [2.24, 2.45) is 34.5 Å². The molecule has 0 aromatic carbocycles. The van der Waals surface area contributed by atoms with Gasteiger partial charge in [0.15, 0.2) is 11.9 Å². The van der Waals surface area contributed by atoms with Gasteiger partial charge in [-0.1, -0.05) is 13.8 Å². The van der Waals surface area contributed by atoms with Crippen molar-refractivity contribution in [1.29, 1.82) is 0 Å². The quantitative estimate of drug-likeness (QED) is 0.466. The Bertz CT molecular complexity index is 1100. The van der Waals surface area contributed by atoms with E-state index in [1.807, 2.05) is 20.8 Å². The van der Waals surface area contributed by atoms with Gasteiger partial charge in [0, 0.05) is 24.3 Å². The van der Waals surface area contributed by atoms with Crippen molar-refractivity contribution in [1.82, 2.24) is 0 Å². The lowest BCUT2D eigenvalue weighted by atomic mass is 9.40. The van der Waals surface area contributed by atoms with E-state index in [9.17, 15) is 24.9 Å². The molecule has 198 valence electrons. The number of hydrogen-bond acceptors (Lipinski definition) is 8. The monoisotopic (exact) mass is 502 g/mol. The summed E-state index contributed by atoms with van der Waals surface area (Å²) < 4.78 is 18.5. The van der Waals surface area contributed by atoms with Gasteiger partial charge >= 0.3 is 5.97 Å². The standard InChI is InChI=1S/C28H38O8/c1-13-14(2)23(30)35-21(13)22-15(3)26(31)9-7-17-16-10-20-27(32)8-5-6-19(29)25(27,12-34-20)18(16)11-28(33,36-22)24(17,26)4/h15-18,20-22,31-33H,5-12H2,1-4H3/t15-,16+,17+,18+,20-,21+,22+,24+,25+,26-,27+,28+/m1/s1. The number of Topliss-reactive ketones (excluding diaryl/α,β-unsaturated/α-hetero) is 1. The Morgan fingerprint density at radius 2 is 1.78 bits per heavy atom. The van der Waals surface area contributed by atoms with E-state index in [1.165, 1.54) is 0 Å². The zero-order valence-electron chi connectivity index (χ0n) is 21.6. The van der Waals surface area contributed by atoms with Gasteiger partial charge in [-0.05, 0) is 69.3 Å². The first-order valence-electron chi connectivity index (χ1n) is 13.7. The molecular formula is C28H38O8. The smallest absolute Gasteiger partial charge is 0.334 e. The Hall–Kier alpha value is -1.32. The molecule has 7 aliphatic rings. The molecule has 3 aliphatic heterocycles. The van der Waals surface area contributed by atoms with Crippen molar-refractivity contribution in [2.75, 3.05) is 6.61 Å². The Morgan fingerprint density at radius 3 is 2.47 bits per heavy atom. The molecule has 2 saturated heterocycles. The number of cyclic esters (lactones) is 1. The number of hydrogen-bond donors (Lipinski definition) is 3. The zero-order chi connectivity index (χ0) is 25.6. The highest BCUT2D eigenvalue weighted by molar-refractivity contribution is 5.91. The van der Waals surface area contributed by atoms with Gasteiger partial charge in [-0.2, -0.15) is 0 Å². The predicted octanol–water partition coefficient (Wildman–Crippen LogP) is 2.03. The molecule has 7 rings (SSSR count). The maximum absolute atomic E-state index is 13.6. The second-order valence-corrected chi connectivity index (χ2v) is 13.2. The molecule has 2 bridgehead atoms. The van der Waals surface area contributed by atoms with Crippen molar-refractivity contribution in [3.63, 3.8) is 0 Å². The maximum atomic E-state index is 13.6. The lowest BCUT2D eigenvalue weighted by Gasteiger charge is -2.69.